The summed E-state index contributed by atoms with van der Waals surface area (Å²) in [6.45, 7) is 4.80. The number of nitrogens with two attached hydrogens (primary N) is 2. The van der Waals surface area contributed by atoms with Crippen molar-refractivity contribution < 1.29 is 27.4 Å². The molecule has 0 unspecified atom stereocenters. The lowest BCUT2D eigenvalue weighted by molar-refractivity contribution is 0.0911. The minimum atomic E-state index is -4.48. The maximum absolute atomic E-state index is 12.4. The summed E-state index contributed by atoms with van der Waals surface area (Å²) in [7, 11) is 0.309. The van der Waals surface area contributed by atoms with Crippen LogP contribution in [0.15, 0.2) is 36.4 Å². The second kappa shape index (κ2) is 11.6. The molecule has 1 aliphatic rings. The first-order chi connectivity index (χ1) is 17.1. The van der Waals surface area contributed by atoms with Gasteiger partial charge in [-0.15, -0.1) is 0 Å². The largest absolute Gasteiger partial charge is 0.493 e. The summed E-state index contributed by atoms with van der Waals surface area (Å²) in [5.74, 6) is -0.0755. The van der Waals surface area contributed by atoms with Gasteiger partial charge in [-0.3, -0.25) is 20.0 Å². The number of benzene rings is 2. The highest BCUT2D eigenvalue weighted by Gasteiger charge is 2.28. The van der Waals surface area contributed by atoms with Crippen molar-refractivity contribution in [2.75, 3.05) is 47.5 Å². The molecule has 3 rings (SSSR count). The molecule has 196 valence electrons. The predicted molar refractivity (Wildman–Crippen MR) is 134 cm³/mol. The highest BCUT2D eigenvalue weighted by molar-refractivity contribution is 7.87. The summed E-state index contributed by atoms with van der Waals surface area (Å²) >= 11 is 0. The zero-order chi connectivity index (χ0) is 26.5. The molecule has 0 atom stereocenters. The van der Waals surface area contributed by atoms with Gasteiger partial charge in [0.2, 0.25) is 11.7 Å². The molecule has 1 saturated heterocycles. The van der Waals surface area contributed by atoms with Gasteiger partial charge in [0.1, 0.15) is 0 Å². The van der Waals surface area contributed by atoms with Crippen LogP contribution in [0.3, 0.4) is 0 Å². The van der Waals surface area contributed by atoms with Gasteiger partial charge >= 0.3 is 10.2 Å². The van der Waals surface area contributed by atoms with E-state index in [9.17, 15) is 13.2 Å². The molecule has 2 aromatic rings. The number of nitrogens with one attached hydrogen (secondary N) is 1. The molecular formula is C23H32N6O6S. The minimum absolute atomic E-state index is 0.0641. The van der Waals surface area contributed by atoms with Crippen molar-refractivity contribution in [3.8, 4) is 17.2 Å². The number of hydrogen-bond donors (Lipinski definition) is 3. The number of methoxy groups -OCH3 is 3. The van der Waals surface area contributed by atoms with Crippen LogP contribution < -0.4 is 25.1 Å². The molecule has 0 radical (unpaired) electrons. The molecular weight excluding hydrogens is 488 g/mol. The number of guanidine groups is 1. The lowest BCUT2D eigenvalue weighted by Crippen LogP contribution is -2.48. The Hall–Kier alpha value is -3.39. The normalized spacial score (nSPS) is 14.8. The molecule has 5 N–H and O–H groups in total. The fourth-order valence-electron chi connectivity index (χ4n) is 4.12. The van der Waals surface area contributed by atoms with Crippen molar-refractivity contribution in [2.24, 2.45) is 10.9 Å². The Morgan fingerprint density at radius 3 is 1.94 bits per heavy atom. The molecule has 2 aromatic carbocycles. The number of nitrogens with zero attached hydrogens (tertiary/aromatic N) is 3. The lowest BCUT2D eigenvalue weighted by atomic mass is 10.1. The molecule has 1 aliphatic heterocycles. The van der Waals surface area contributed by atoms with Gasteiger partial charge in [0.25, 0.3) is 5.91 Å². The predicted octanol–water partition coefficient (Wildman–Crippen LogP) is 0.569. The topological polar surface area (TPSA) is 165 Å². The second-order valence-corrected chi connectivity index (χ2v) is 9.64. The minimum Gasteiger partial charge on any atom is -0.493 e. The lowest BCUT2D eigenvalue weighted by Gasteiger charge is -2.35. The molecule has 1 fully saturated rings. The average Bonchev–Trinajstić information content (AvgIpc) is 2.84. The van der Waals surface area contributed by atoms with Crippen molar-refractivity contribution in [3.05, 3.63) is 53.1 Å². The van der Waals surface area contributed by atoms with Gasteiger partial charge in [0, 0.05) is 50.4 Å². The fourth-order valence-corrected chi connectivity index (χ4v) is 4.74. The van der Waals surface area contributed by atoms with E-state index in [0.29, 0.717) is 30.3 Å². The third-order valence-corrected chi connectivity index (χ3v) is 6.78. The molecule has 0 aromatic heterocycles. The first kappa shape index (κ1) is 27.2. The Balaban J connectivity index is 1.59. The number of amides is 1. The zero-order valence-corrected chi connectivity index (χ0v) is 21.4. The molecule has 0 spiro atoms. The first-order valence-electron chi connectivity index (χ1n) is 11.1. The van der Waals surface area contributed by atoms with Crippen LogP contribution in [-0.2, 0) is 23.3 Å². The molecule has 12 nitrogen and oxygen atoms in total. The Labute approximate surface area is 211 Å². The van der Waals surface area contributed by atoms with Crippen LogP contribution in [0, 0.1) is 5.41 Å². The summed E-state index contributed by atoms with van der Waals surface area (Å²) in [5, 5.41) is 12.3. The quantitative estimate of drug-likeness (QED) is 0.317. The maximum atomic E-state index is 12.4. The average molecular weight is 521 g/mol. The highest BCUT2D eigenvalue weighted by Crippen LogP contribution is 2.40. The van der Waals surface area contributed by atoms with Gasteiger partial charge in [-0.2, -0.15) is 12.7 Å². The number of rotatable bonds is 9. The van der Waals surface area contributed by atoms with Crippen LogP contribution in [0.5, 0.6) is 17.2 Å². The van der Waals surface area contributed by atoms with Crippen molar-refractivity contribution >= 4 is 22.1 Å². The Morgan fingerprint density at radius 2 is 1.47 bits per heavy atom. The fraction of sp³-hybridized carbons (Fsp3) is 0.391. The van der Waals surface area contributed by atoms with E-state index in [1.54, 1.807) is 33.5 Å². The number of piperazine rings is 1. The summed E-state index contributed by atoms with van der Waals surface area (Å²) in [5.41, 5.74) is 7.27. The van der Waals surface area contributed by atoms with E-state index in [1.165, 1.54) is 12.1 Å². The standard InChI is InChI=1S/C23H32N6O6S/c1-33-19-9-8-18(20(34-2)21(19)35-3)15-28-12-10-27(11-13-28)14-16-4-6-17(7-5-16)22(30)29(23(24)25)36(26,31)32/h4-9H,10-15H2,1-3H3,(H3,24,25)(H2,26,31,32). The van der Waals surface area contributed by atoms with Crippen LogP contribution >= 0.6 is 0 Å². The number of carbonyl (C=O) groups excluding carboxylic acids is 1. The van der Waals surface area contributed by atoms with E-state index in [-0.39, 0.29) is 9.87 Å². The van der Waals surface area contributed by atoms with E-state index in [0.717, 1.165) is 37.3 Å². The van der Waals surface area contributed by atoms with Crippen LogP contribution in [-0.4, -0.2) is 81.9 Å². The smallest absolute Gasteiger partial charge is 0.308 e. The van der Waals surface area contributed by atoms with Crippen LogP contribution in [0.25, 0.3) is 0 Å². The zero-order valence-electron chi connectivity index (χ0n) is 20.6. The van der Waals surface area contributed by atoms with E-state index >= 15 is 0 Å². The third kappa shape index (κ3) is 6.23. The molecule has 1 heterocycles. The van der Waals surface area contributed by atoms with Gasteiger partial charge in [-0.05, 0) is 23.8 Å². The second-order valence-electron chi connectivity index (χ2n) is 8.24. The van der Waals surface area contributed by atoms with Crippen LogP contribution in [0.1, 0.15) is 21.5 Å². The van der Waals surface area contributed by atoms with Gasteiger partial charge < -0.3 is 19.9 Å². The first-order valence-corrected chi connectivity index (χ1v) is 12.6. The van der Waals surface area contributed by atoms with E-state index in [1.807, 2.05) is 12.1 Å². The number of ether oxygens (including phenoxy) is 3. The molecule has 0 bridgehead atoms. The van der Waals surface area contributed by atoms with Gasteiger partial charge in [0.05, 0.1) is 21.3 Å². The Morgan fingerprint density at radius 1 is 0.917 bits per heavy atom. The van der Waals surface area contributed by atoms with Gasteiger partial charge in [-0.1, -0.05) is 18.2 Å². The highest BCUT2D eigenvalue weighted by atomic mass is 32.2. The molecule has 0 saturated carbocycles. The molecule has 13 heteroatoms. The van der Waals surface area contributed by atoms with Crippen molar-refractivity contribution in [2.45, 2.75) is 13.1 Å². The van der Waals surface area contributed by atoms with E-state index in [2.05, 4.69) is 9.80 Å². The number of carbonyl (C=O) groups is 1. The van der Waals surface area contributed by atoms with Crippen LogP contribution in [0.2, 0.25) is 0 Å². The van der Waals surface area contributed by atoms with Crippen LogP contribution in [0.4, 0.5) is 0 Å². The van der Waals surface area contributed by atoms with Crippen molar-refractivity contribution in [1.82, 2.24) is 14.1 Å². The number of hydrogen-bond acceptors (Lipinski definition) is 9. The van der Waals surface area contributed by atoms with Crippen molar-refractivity contribution in [1.29, 1.82) is 5.41 Å². The summed E-state index contributed by atoms with van der Waals surface area (Å²) in [6, 6.07) is 10.3. The molecule has 1 amide bonds. The summed E-state index contributed by atoms with van der Waals surface area (Å²) in [6.07, 6.45) is 0. The van der Waals surface area contributed by atoms with Crippen molar-refractivity contribution in [3.63, 3.8) is 0 Å². The Bertz CT molecular complexity index is 1200. The maximum Gasteiger partial charge on any atom is 0.308 e. The SMILES string of the molecule is COc1ccc(CN2CCN(Cc3ccc(C(=O)N(C(=N)N)S(N)(=O)=O)cc3)CC2)c(OC)c1OC. The summed E-state index contributed by atoms with van der Waals surface area (Å²) in [4.78, 5) is 17.1. The molecule has 0 aliphatic carbocycles. The van der Waals surface area contributed by atoms with E-state index in [4.69, 9.17) is 30.5 Å². The van der Waals surface area contributed by atoms with Gasteiger partial charge in [0.15, 0.2) is 11.5 Å². The van der Waals surface area contributed by atoms with E-state index < -0.39 is 22.1 Å². The monoisotopic (exact) mass is 520 g/mol. The molecule has 36 heavy (non-hydrogen) atoms. The third-order valence-electron chi connectivity index (χ3n) is 5.91. The Kier molecular flexibility index (Phi) is 8.74. The van der Waals surface area contributed by atoms with Gasteiger partial charge in [-0.25, -0.2) is 5.14 Å². The summed E-state index contributed by atoms with van der Waals surface area (Å²) < 4.78 is 39.7.